The van der Waals surface area contributed by atoms with Crippen molar-refractivity contribution in [3.63, 3.8) is 0 Å². The number of amides is 1. The summed E-state index contributed by atoms with van der Waals surface area (Å²) in [4.78, 5) is 13.3. The molecule has 14 nitrogen and oxygen atoms in total. The monoisotopic (exact) mass is 1270 g/mol. The largest absolute Gasteiger partial charge is 0.394 e. The van der Waals surface area contributed by atoms with Crippen LogP contribution in [0.25, 0.3) is 0 Å². The van der Waals surface area contributed by atoms with E-state index in [2.05, 4.69) is 177 Å². The number of allylic oxidation sites excluding steroid dienone is 27. The zero-order valence-corrected chi connectivity index (χ0v) is 55.8. The highest BCUT2D eigenvalue weighted by Gasteiger charge is 2.51. The quantitative estimate of drug-likeness (QED) is 0.0204. The highest BCUT2D eigenvalue weighted by atomic mass is 16.7. The molecule has 0 aromatic carbocycles. The zero-order chi connectivity index (χ0) is 65.9. The minimum absolute atomic E-state index is 0.207. The fourth-order valence-electron chi connectivity index (χ4n) is 10.1. The summed E-state index contributed by atoms with van der Waals surface area (Å²) < 4.78 is 22.8. The number of carbonyl (C=O) groups is 1. The Morgan fingerprint density at radius 2 is 0.769 bits per heavy atom. The molecule has 2 fully saturated rings. The van der Waals surface area contributed by atoms with Gasteiger partial charge in [0.05, 0.1) is 32.0 Å². The molecule has 0 bridgehead atoms. The minimum Gasteiger partial charge on any atom is -0.394 e. The number of carbonyl (C=O) groups excluding carboxylic acids is 1. The van der Waals surface area contributed by atoms with Crippen LogP contribution in [-0.4, -0.2) is 140 Å². The average Bonchev–Trinajstić information content (AvgIpc) is 1.19. The van der Waals surface area contributed by atoms with Gasteiger partial charge in [-0.25, -0.2) is 0 Å². The van der Waals surface area contributed by atoms with Crippen LogP contribution in [0.1, 0.15) is 213 Å². The van der Waals surface area contributed by atoms with E-state index in [1.807, 2.05) is 6.08 Å². The highest BCUT2D eigenvalue weighted by molar-refractivity contribution is 5.76. The second kappa shape index (κ2) is 59.1. The van der Waals surface area contributed by atoms with Gasteiger partial charge in [-0.15, -0.1) is 0 Å². The van der Waals surface area contributed by atoms with Crippen molar-refractivity contribution in [2.24, 2.45) is 0 Å². The molecule has 0 aromatic rings. The predicted octanol–water partition coefficient (Wildman–Crippen LogP) is 14.4. The third-order valence-electron chi connectivity index (χ3n) is 15.6. The van der Waals surface area contributed by atoms with E-state index in [1.165, 1.54) is 77.0 Å². The number of unbranched alkanes of at least 4 members (excludes halogenated alkanes) is 15. The molecule has 1 amide bonds. The first kappa shape index (κ1) is 82.4. The summed E-state index contributed by atoms with van der Waals surface area (Å²) in [5, 5.41) is 87.3. The second-order valence-corrected chi connectivity index (χ2v) is 23.6. The van der Waals surface area contributed by atoms with E-state index in [0.29, 0.717) is 12.8 Å². The van der Waals surface area contributed by atoms with Crippen LogP contribution in [0.4, 0.5) is 0 Å². The summed E-state index contributed by atoms with van der Waals surface area (Å²) in [6.07, 6.45) is 75.5. The van der Waals surface area contributed by atoms with E-state index in [9.17, 15) is 45.6 Å². The van der Waals surface area contributed by atoms with Crippen LogP contribution in [0, 0.1) is 0 Å². The van der Waals surface area contributed by atoms with Crippen LogP contribution >= 0.6 is 0 Å². The molecule has 2 rings (SSSR count). The lowest BCUT2D eigenvalue weighted by molar-refractivity contribution is -0.359. The molecule has 0 aromatic heterocycles. The highest BCUT2D eigenvalue weighted by Crippen LogP contribution is 2.30. The molecular formula is C77H123NO13. The maximum atomic E-state index is 13.3. The Hall–Kier alpha value is -4.65. The first-order chi connectivity index (χ1) is 44.6. The molecule has 2 heterocycles. The number of aliphatic hydroxyl groups excluding tert-OH is 8. The molecule has 0 saturated carbocycles. The van der Waals surface area contributed by atoms with Gasteiger partial charge in [0.1, 0.15) is 48.8 Å². The van der Waals surface area contributed by atoms with Crippen molar-refractivity contribution in [3.05, 3.63) is 170 Å². The minimum atomic E-state index is -1.80. The Bertz CT molecular complexity index is 2180. The van der Waals surface area contributed by atoms with Crippen molar-refractivity contribution in [1.82, 2.24) is 5.32 Å². The van der Waals surface area contributed by atoms with E-state index in [4.69, 9.17) is 18.9 Å². The van der Waals surface area contributed by atoms with Gasteiger partial charge in [-0.05, 0) is 122 Å². The molecule has 91 heavy (non-hydrogen) atoms. The lowest BCUT2D eigenvalue weighted by Gasteiger charge is -2.46. The molecule has 514 valence electrons. The SMILES string of the molecule is CC/C=C\C/C=C\C/C=C\C/C=C\C/C=C\C/C=C\C/C=C\C/C=C\C/C=C\C/C=C\C/C=C\C/C=C\CCCCC(=O)NC(COC1OC(CO)C(OC2OC(CO)C(O)C(O)C2O)C(O)C1O)C(O)/C=C/CC/C=C/CCCCCCCCCCCCCC. The Balaban J connectivity index is 1.70. The third-order valence-corrected chi connectivity index (χ3v) is 15.6. The second-order valence-electron chi connectivity index (χ2n) is 23.6. The average molecular weight is 1270 g/mol. The van der Waals surface area contributed by atoms with Gasteiger partial charge >= 0.3 is 0 Å². The van der Waals surface area contributed by atoms with Crippen LogP contribution in [-0.2, 0) is 23.7 Å². The van der Waals surface area contributed by atoms with Crippen LogP contribution in [0.15, 0.2) is 170 Å². The molecule has 12 unspecified atom stereocenters. The summed E-state index contributed by atoms with van der Waals surface area (Å²) in [7, 11) is 0. The first-order valence-corrected chi connectivity index (χ1v) is 34.9. The van der Waals surface area contributed by atoms with Crippen LogP contribution in [0.2, 0.25) is 0 Å². The van der Waals surface area contributed by atoms with E-state index >= 15 is 0 Å². The molecule has 14 heteroatoms. The standard InChI is InChI=1S/C77H123NO13/c1-3-5-7-9-11-13-15-17-19-21-23-24-25-26-27-28-29-30-31-32-33-34-35-36-37-38-39-40-41-42-43-45-47-49-51-53-55-57-59-61-69(82)78-65(66(81)60-58-56-54-52-50-48-46-44-22-20-18-16-14-12-10-8-6-4-2)64-88-76-74(87)72(85)75(68(63-80)90-76)91-77-73(86)71(84)70(83)67(62-79)89-77/h5,7,11,13,17,19,23-24,26-27,29-30,32-33,35-36,38-39,41-42,45,47,50-53,58,60,65-68,70-77,79-81,83-87H,3-4,6,8-10,12,14-16,18,20-22,25,28,31,34,37,40,43-44,46,48-49,54-57,59,61-64H2,1-2H3,(H,78,82)/b7-5-,13-11-,19-17-,24-23-,27-26-,30-29-,33-32-,36-35-,39-38-,42-41-,47-45-,52-50+,53-51-,60-58+. The maximum absolute atomic E-state index is 13.3. The summed E-state index contributed by atoms with van der Waals surface area (Å²) in [5.41, 5.74) is 0. The van der Waals surface area contributed by atoms with Crippen molar-refractivity contribution in [3.8, 4) is 0 Å². The Morgan fingerprint density at radius 1 is 0.407 bits per heavy atom. The van der Waals surface area contributed by atoms with E-state index < -0.39 is 86.8 Å². The molecule has 2 saturated heterocycles. The smallest absolute Gasteiger partial charge is 0.220 e. The molecule has 0 aliphatic carbocycles. The van der Waals surface area contributed by atoms with Gasteiger partial charge in [0.15, 0.2) is 12.6 Å². The van der Waals surface area contributed by atoms with Gasteiger partial charge in [0, 0.05) is 6.42 Å². The number of hydrogen-bond acceptors (Lipinski definition) is 13. The zero-order valence-electron chi connectivity index (χ0n) is 55.8. The topological polar surface area (TPSA) is 228 Å². The predicted molar refractivity (Wildman–Crippen MR) is 373 cm³/mol. The van der Waals surface area contributed by atoms with E-state index in [0.717, 1.165) is 103 Å². The molecule has 2 aliphatic heterocycles. The lowest BCUT2D eigenvalue weighted by Crippen LogP contribution is -2.65. The Labute approximate surface area is 549 Å². The van der Waals surface area contributed by atoms with Gasteiger partial charge in [0.25, 0.3) is 0 Å². The number of nitrogens with one attached hydrogen (secondary N) is 1. The van der Waals surface area contributed by atoms with Crippen LogP contribution in [0.5, 0.6) is 0 Å². The van der Waals surface area contributed by atoms with Crippen molar-refractivity contribution in [2.75, 3.05) is 19.8 Å². The molecule has 0 spiro atoms. The summed E-state index contributed by atoms with van der Waals surface area (Å²) in [5.74, 6) is -0.298. The lowest BCUT2D eigenvalue weighted by atomic mass is 9.97. The van der Waals surface area contributed by atoms with Gasteiger partial charge in [0.2, 0.25) is 5.91 Å². The van der Waals surface area contributed by atoms with Gasteiger partial charge in [-0.3, -0.25) is 4.79 Å². The fraction of sp³-hybridized carbons (Fsp3) is 0.623. The summed E-state index contributed by atoms with van der Waals surface area (Å²) in [6, 6.07) is -0.969. The van der Waals surface area contributed by atoms with Gasteiger partial charge in [-0.1, -0.05) is 255 Å². The van der Waals surface area contributed by atoms with Crippen molar-refractivity contribution < 1.29 is 64.6 Å². The summed E-state index contributed by atoms with van der Waals surface area (Å²) >= 11 is 0. The van der Waals surface area contributed by atoms with E-state index in [-0.39, 0.29) is 18.9 Å². The molecular weight excluding hydrogens is 1150 g/mol. The van der Waals surface area contributed by atoms with Crippen molar-refractivity contribution in [2.45, 2.75) is 286 Å². The molecule has 12 atom stereocenters. The normalized spacial score (nSPS) is 23.9. The summed E-state index contributed by atoms with van der Waals surface area (Å²) in [6.45, 7) is 2.62. The van der Waals surface area contributed by atoms with Gasteiger partial charge in [-0.2, -0.15) is 0 Å². The Kier molecular flexibility index (Phi) is 53.6. The van der Waals surface area contributed by atoms with Crippen LogP contribution in [0.3, 0.4) is 0 Å². The van der Waals surface area contributed by atoms with Crippen molar-refractivity contribution >= 4 is 5.91 Å². The number of rotatable bonds is 54. The number of hydrogen-bond donors (Lipinski definition) is 9. The van der Waals surface area contributed by atoms with Crippen molar-refractivity contribution in [1.29, 1.82) is 0 Å². The number of aliphatic hydroxyl groups is 8. The number of ether oxygens (including phenoxy) is 4. The molecule has 9 N–H and O–H groups in total. The molecule has 2 aliphatic rings. The van der Waals surface area contributed by atoms with E-state index in [1.54, 1.807) is 6.08 Å². The fourth-order valence-corrected chi connectivity index (χ4v) is 10.1. The van der Waals surface area contributed by atoms with Gasteiger partial charge < -0.3 is 65.1 Å². The maximum Gasteiger partial charge on any atom is 0.220 e. The Morgan fingerprint density at radius 3 is 1.21 bits per heavy atom. The first-order valence-electron chi connectivity index (χ1n) is 34.9. The third kappa shape index (κ3) is 43.1. The molecule has 0 radical (unpaired) electrons. The van der Waals surface area contributed by atoms with Crippen LogP contribution < -0.4 is 5.32 Å².